The van der Waals surface area contributed by atoms with E-state index in [0.29, 0.717) is 44.1 Å². The van der Waals surface area contributed by atoms with Crippen molar-refractivity contribution in [2.75, 3.05) is 20.8 Å². The maximum absolute atomic E-state index is 13.6. The van der Waals surface area contributed by atoms with E-state index in [0.717, 1.165) is 25.7 Å². The lowest BCUT2D eigenvalue weighted by molar-refractivity contribution is -0.389. The number of aliphatic carboxylic acids is 1. The highest BCUT2D eigenvalue weighted by atomic mass is 16.8. The van der Waals surface area contributed by atoms with E-state index in [2.05, 4.69) is 41.5 Å². The van der Waals surface area contributed by atoms with Crippen LogP contribution in [-0.2, 0) is 61.7 Å². The molecule has 402 valence electrons. The molecule has 0 radical (unpaired) electrons. The number of aliphatic hydroxyl groups is 2. The SMILES string of the molecule is COC1CCC(OC2CC(C(C)/C=C(\C)C(=O)C(C)CC(C)C(=O)O)OC3(CCC(C)(C4CCC(C)C5(OC(C6OC(O)(CO)C(C)C(OC7CCC(OC)C(C)O7)C6C)CC5C)O4)O3)C2C)OC1C. The molecule has 2 spiro atoms. The van der Waals surface area contributed by atoms with E-state index in [1.54, 1.807) is 35.0 Å². The van der Waals surface area contributed by atoms with E-state index in [-0.39, 0.29) is 84.5 Å². The first-order valence-corrected chi connectivity index (χ1v) is 26.8. The summed E-state index contributed by atoms with van der Waals surface area (Å²) < 4.78 is 73.3. The highest BCUT2D eigenvalue weighted by molar-refractivity contribution is 5.96. The first-order valence-electron chi connectivity index (χ1n) is 26.8. The molecular weight excluding hydrogens is 905 g/mol. The standard InChI is InChI=1S/C54H90O16/c1-28(23-29(2)47(56)30(3)24-31(4)50(57)58)41-26-42(64-45-19-16-39(60-13)37(10)62-45)35(8)53(66-41)22-21-51(12,70-53)44-18-15-32(5)54(68-44)33(6)25-43(67-54)49-34(7)48(36(9)52(59,27-55)69-49)65-46-20-17-40(61-14)38(11)63-46/h23,28,30-46,48-49,55,59H,15-22,24-27H2,1-14H3,(H,57,58)/b29-23+. The lowest BCUT2D eigenvalue weighted by Crippen LogP contribution is -2.63. The summed E-state index contributed by atoms with van der Waals surface area (Å²) in [5.41, 5.74) is -0.186. The van der Waals surface area contributed by atoms with E-state index in [1.165, 1.54) is 0 Å². The van der Waals surface area contributed by atoms with Gasteiger partial charge in [0, 0.05) is 81.3 Å². The Kier molecular flexibility index (Phi) is 17.9. The summed E-state index contributed by atoms with van der Waals surface area (Å²) in [4.78, 5) is 25.2. The van der Waals surface area contributed by atoms with Crippen LogP contribution in [0.1, 0.15) is 154 Å². The Balaban J connectivity index is 1.10. The molecule has 0 aliphatic carbocycles. The van der Waals surface area contributed by atoms with Crippen LogP contribution in [0.5, 0.6) is 0 Å². The van der Waals surface area contributed by atoms with Gasteiger partial charge in [-0.3, -0.25) is 9.59 Å². The number of hydrogen-bond acceptors (Lipinski definition) is 15. The van der Waals surface area contributed by atoms with Crippen molar-refractivity contribution < 1.29 is 77.0 Å². The van der Waals surface area contributed by atoms with E-state index < -0.39 is 84.2 Å². The number of carbonyl (C=O) groups is 2. The molecular formula is C54H90O16. The molecule has 24 unspecified atom stereocenters. The smallest absolute Gasteiger partial charge is 0.306 e. The van der Waals surface area contributed by atoms with Gasteiger partial charge in [0.1, 0.15) is 0 Å². The van der Waals surface area contributed by atoms with Crippen LogP contribution in [0, 0.1) is 47.3 Å². The molecule has 0 saturated carbocycles. The predicted octanol–water partition coefficient (Wildman–Crippen LogP) is 7.71. The molecule has 70 heavy (non-hydrogen) atoms. The van der Waals surface area contributed by atoms with E-state index >= 15 is 0 Å². The maximum Gasteiger partial charge on any atom is 0.306 e. The Hall–Kier alpha value is -1.64. The molecule has 0 bridgehead atoms. The number of carboxylic acid groups (broad SMARTS) is 1. The van der Waals surface area contributed by atoms with E-state index in [1.807, 2.05) is 26.8 Å². The Labute approximate surface area is 417 Å². The van der Waals surface area contributed by atoms with Crippen LogP contribution in [0.25, 0.3) is 0 Å². The number of ether oxygens (including phenoxy) is 11. The zero-order valence-electron chi connectivity index (χ0n) is 44.8. The van der Waals surface area contributed by atoms with Crippen molar-refractivity contribution in [2.24, 2.45) is 47.3 Å². The van der Waals surface area contributed by atoms with Crippen molar-refractivity contribution in [2.45, 2.75) is 250 Å². The number of hydrogen-bond donors (Lipinski definition) is 3. The third-order valence-corrected chi connectivity index (χ3v) is 18.2. The number of carboxylic acids is 1. The van der Waals surface area contributed by atoms with Crippen molar-refractivity contribution in [1.29, 1.82) is 0 Å². The number of methoxy groups -OCH3 is 2. The molecule has 7 saturated heterocycles. The minimum absolute atomic E-state index is 0.00713. The van der Waals surface area contributed by atoms with Gasteiger partial charge >= 0.3 is 5.97 Å². The zero-order chi connectivity index (χ0) is 51.2. The number of ketones is 1. The summed E-state index contributed by atoms with van der Waals surface area (Å²) in [6.45, 7) is 23.2. The summed E-state index contributed by atoms with van der Waals surface area (Å²) in [6, 6.07) is 0. The van der Waals surface area contributed by atoms with Gasteiger partial charge in [-0.15, -0.1) is 0 Å². The largest absolute Gasteiger partial charge is 0.481 e. The van der Waals surface area contributed by atoms with Crippen molar-refractivity contribution in [1.82, 2.24) is 0 Å². The molecule has 0 amide bonds. The normalized spacial score (nSPS) is 48.4. The van der Waals surface area contributed by atoms with Crippen molar-refractivity contribution in [3.8, 4) is 0 Å². The Morgan fingerprint density at radius 1 is 0.743 bits per heavy atom. The first kappa shape index (κ1) is 56.1. The molecule has 0 aromatic heterocycles. The van der Waals surface area contributed by atoms with Gasteiger partial charge in [-0.2, -0.15) is 0 Å². The highest BCUT2D eigenvalue weighted by Crippen LogP contribution is 2.57. The van der Waals surface area contributed by atoms with Gasteiger partial charge in [-0.25, -0.2) is 0 Å². The molecule has 3 N–H and O–H groups in total. The fourth-order valence-electron chi connectivity index (χ4n) is 13.4. The van der Waals surface area contributed by atoms with Gasteiger partial charge < -0.3 is 67.4 Å². The van der Waals surface area contributed by atoms with E-state index in [4.69, 9.17) is 52.1 Å². The minimum Gasteiger partial charge on any atom is -0.481 e. The third kappa shape index (κ3) is 11.2. The molecule has 7 aliphatic heterocycles. The maximum atomic E-state index is 13.6. The second-order valence-electron chi connectivity index (χ2n) is 23.2. The second kappa shape index (κ2) is 22.3. The minimum atomic E-state index is -1.86. The number of allylic oxidation sites excluding steroid dienone is 1. The average Bonchev–Trinajstić information content (AvgIpc) is 3.84. The van der Waals surface area contributed by atoms with Crippen LogP contribution >= 0.6 is 0 Å². The van der Waals surface area contributed by atoms with Crippen LogP contribution < -0.4 is 0 Å². The van der Waals surface area contributed by atoms with E-state index in [9.17, 15) is 24.9 Å². The topological polar surface area (TPSA) is 196 Å². The Morgan fingerprint density at radius 3 is 1.96 bits per heavy atom. The summed E-state index contributed by atoms with van der Waals surface area (Å²) in [5.74, 6) is -7.12. The molecule has 7 heterocycles. The quantitative estimate of drug-likeness (QED) is 0.127. The van der Waals surface area contributed by atoms with Gasteiger partial charge in [0.15, 0.2) is 35.7 Å². The third-order valence-electron chi connectivity index (χ3n) is 18.2. The molecule has 0 aromatic carbocycles. The highest BCUT2D eigenvalue weighted by Gasteiger charge is 2.65. The fourth-order valence-corrected chi connectivity index (χ4v) is 13.4. The number of Topliss-reactive ketones (excluding diaryl/α,β-unsaturated/α-hetero) is 1. The van der Waals surface area contributed by atoms with Gasteiger partial charge in [0.2, 0.25) is 0 Å². The summed E-state index contributed by atoms with van der Waals surface area (Å²) in [6.07, 6.45) is 5.34. The zero-order valence-corrected chi connectivity index (χ0v) is 44.8. The van der Waals surface area contributed by atoms with Crippen molar-refractivity contribution >= 4 is 11.8 Å². The molecule has 7 aliphatic rings. The average molecular weight is 995 g/mol. The predicted molar refractivity (Wildman–Crippen MR) is 257 cm³/mol. The molecule has 0 aromatic rings. The molecule has 16 nitrogen and oxygen atoms in total. The van der Waals surface area contributed by atoms with Gasteiger partial charge in [-0.05, 0) is 78.2 Å². The second-order valence-corrected chi connectivity index (χ2v) is 23.2. The van der Waals surface area contributed by atoms with Crippen LogP contribution in [0.3, 0.4) is 0 Å². The van der Waals surface area contributed by atoms with Gasteiger partial charge in [0.25, 0.3) is 0 Å². The molecule has 16 heteroatoms. The van der Waals surface area contributed by atoms with Crippen molar-refractivity contribution in [3.63, 3.8) is 0 Å². The van der Waals surface area contributed by atoms with Crippen LogP contribution in [0.2, 0.25) is 0 Å². The van der Waals surface area contributed by atoms with Crippen LogP contribution in [0.4, 0.5) is 0 Å². The van der Waals surface area contributed by atoms with Crippen LogP contribution in [0.15, 0.2) is 11.6 Å². The van der Waals surface area contributed by atoms with Gasteiger partial charge in [-0.1, -0.05) is 61.5 Å². The summed E-state index contributed by atoms with van der Waals surface area (Å²) in [5, 5.41) is 32.0. The Bertz CT molecular complexity index is 1820. The summed E-state index contributed by atoms with van der Waals surface area (Å²) in [7, 11) is 3.40. The molecule has 24 atom stereocenters. The Morgan fingerprint density at radius 2 is 1.37 bits per heavy atom. The van der Waals surface area contributed by atoms with Gasteiger partial charge in [0.05, 0.1) is 79.2 Å². The monoisotopic (exact) mass is 995 g/mol. The number of rotatable bonds is 16. The van der Waals surface area contributed by atoms with Crippen LogP contribution in [-0.4, -0.2) is 144 Å². The lowest BCUT2D eigenvalue weighted by atomic mass is 9.77. The number of carbonyl (C=O) groups excluding carboxylic acids is 1. The molecule has 7 rings (SSSR count). The fraction of sp³-hybridized carbons (Fsp3) is 0.926. The molecule has 7 fully saturated rings. The summed E-state index contributed by atoms with van der Waals surface area (Å²) >= 11 is 0. The van der Waals surface area contributed by atoms with Crippen molar-refractivity contribution in [3.05, 3.63) is 11.6 Å². The number of aliphatic hydroxyl groups excluding tert-OH is 1. The lowest BCUT2D eigenvalue weighted by Gasteiger charge is -2.53. The first-order chi connectivity index (χ1) is 32.9.